The summed E-state index contributed by atoms with van der Waals surface area (Å²) < 4.78 is 16.0. The molecule has 5 rings (SSSR count). The Balaban J connectivity index is 1.47. The molecule has 1 amide bonds. The van der Waals surface area contributed by atoms with Gasteiger partial charge in [-0.15, -0.1) is 0 Å². The second-order valence-corrected chi connectivity index (χ2v) is 9.42. The van der Waals surface area contributed by atoms with E-state index in [0.29, 0.717) is 6.42 Å². The lowest BCUT2D eigenvalue weighted by Crippen LogP contribution is -2.31. The number of hydrogen-bond donors (Lipinski definition) is 1. The largest absolute Gasteiger partial charge is 0.349 e. The normalized spacial score (nSPS) is 12.8. The fourth-order valence-corrected chi connectivity index (χ4v) is 5.14. The zero-order valence-corrected chi connectivity index (χ0v) is 21.0. The molecule has 0 aliphatic carbocycles. The monoisotopic (exact) mass is 490 g/mol. The van der Waals surface area contributed by atoms with Gasteiger partial charge in [-0.3, -0.25) is 4.79 Å². The second kappa shape index (κ2) is 11.3. The van der Waals surface area contributed by atoms with Crippen LogP contribution in [0.3, 0.4) is 0 Å². The van der Waals surface area contributed by atoms with E-state index in [1.165, 1.54) is 12.1 Å². The van der Waals surface area contributed by atoms with Crippen LogP contribution in [0.4, 0.5) is 4.39 Å². The fourth-order valence-electron chi connectivity index (χ4n) is 5.14. The Morgan fingerprint density at radius 3 is 2.16 bits per heavy atom. The highest BCUT2D eigenvalue weighted by Crippen LogP contribution is 2.35. The Kier molecular flexibility index (Phi) is 7.46. The molecule has 3 nitrogen and oxygen atoms in total. The van der Waals surface area contributed by atoms with Gasteiger partial charge in [0.2, 0.25) is 5.91 Å². The smallest absolute Gasteiger partial charge is 0.221 e. The molecule has 2 atom stereocenters. The van der Waals surface area contributed by atoms with Crippen molar-refractivity contribution in [2.45, 2.75) is 38.3 Å². The van der Waals surface area contributed by atoms with Crippen LogP contribution in [0.25, 0.3) is 10.9 Å². The van der Waals surface area contributed by atoms with Crippen molar-refractivity contribution in [1.82, 2.24) is 9.88 Å². The molecule has 0 aliphatic heterocycles. The van der Waals surface area contributed by atoms with Crippen molar-refractivity contribution in [3.63, 3.8) is 0 Å². The van der Waals surface area contributed by atoms with Gasteiger partial charge < -0.3 is 9.88 Å². The van der Waals surface area contributed by atoms with E-state index in [-0.39, 0.29) is 30.1 Å². The molecule has 0 spiro atoms. The number of carbonyl (C=O) groups is 1. The Bertz CT molecular complexity index is 1460. The molecule has 5 aromatic rings. The first-order valence-corrected chi connectivity index (χ1v) is 12.8. The number of hydrogen-bond acceptors (Lipinski definition) is 1. The van der Waals surface area contributed by atoms with Gasteiger partial charge in [0.1, 0.15) is 5.82 Å². The average Bonchev–Trinajstić information content (AvgIpc) is 3.32. The van der Waals surface area contributed by atoms with E-state index in [4.69, 9.17) is 0 Å². The summed E-state index contributed by atoms with van der Waals surface area (Å²) in [6.07, 6.45) is 3.11. The van der Waals surface area contributed by atoms with Crippen LogP contribution in [-0.4, -0.2) is 10.5 Å². The summed E-state index contributed by atoms with van der Waals surface area (Å²) in [4.78, 5) is 13.7. The average molecular weight is 491 g/mol. The molecular formula is C33H31FN2O. The number of halogens is 1. The van der Waals surface area contributed by atoms with Crippen molar-refractivity contribution in [1.29, 1.82) is 0 Å². The molecule has 1 heterocycles. The molecule has 0 fully saturated rings. The van der Waals surface area contributed by atoms with Gasteiger partial charge in [0.15, 0.2) is 0 Å². The quantitative estimate of drug-likeness (QED) is 0.229. The summed E-state index contributed by atoms with van der Waals surface area (Å²) in [5.74, 6) is -0.520. The summed E-state index contributed by atoms with van der Waals surface area (Å²) in [7, 11) is 0. The maximum atomic E-state index is 13.8. The molecule has 1 aromatic heterocycles. The van der Waals surface area contributed by atoms with Crippen LogP contribution >= 0.6 is 0 Å². The lowest BCUT2D eigenvalue weighted by atomic mass is 9.87. The number of benzene rings is 4. The number of aromatic nitrogens is 1. The number of fused-ring (bicyclic) bond motifs is 1. The van der Waals surface area contributed by atoms with Crippen LogP contribution < -0.4 is 5.32 Å². The molecule has 1 N–H and O–H groups in total. The lowest BCUT2D eigenvalue weighted by Gasteiger charge is -2.22. The Hall–Kier alpha value is -4.18. The molecule has 186 valence electrons. The number of aryl methyl sites for hydroxylation is 1. The minimum atomic E-state index is -0.282. The Labute approximate surface area is 217 Å². The van der Waals surface area contributed by atoms with Crippen LogP contribution in [-0.2, 0) is 17.8 Å². The third-order valence-corrected chi connectivity index (χ3v) is 7.02. The number of amides is 1. The van der Waals surface area contributed by atoms with Crippen molar-refractivity contribution in [2.75, 3.05) is 0 Å². The van der Waals surface area contributed by atoms with Gasteiger partial charge >= 0.3 is 0 Å². The van der Waals surface area contributed by atoms with Crippen molar-refractivity contribution < 1.29 is 9.18 Å². The predicted molar refractivity (Wildman–Crippen MR) is 148 cm³/mol. The molecule has 0 bridgehead atoms. The highest BCUT2D eigenvalue weighted by atomic mass is 19.1. The summed E-state index contributed by atoms with van der Waals surface area (Å²) in [5, 5.41) is 4.43. The zero-order chi connectivity index (χ0) is 25.6. The summed E-state index contributed by atoms with van der Waals surface area (Å²) >= 11 is 0. The summed E-state index contributed by atoms with van der Waals surface area (Å²) in [6, 6.07) is 35.0. The van der Waals surface area contributed by atoms with Crippen molar-refractivity contribution in [3.8, 4) is 0 Å². The molecule has 2 unspecified atom stereocenters. The van der Waals surface area contributed by atoms with E-state index in [2.05, 4.69) is 59.4 Å². The molecule has 4 heteroatoms. The topological polar surface area (TPSA) is 34.0 Å². The van der Waals surface area contributed by atoms with Gasteiger partial charge in [-0.1, -0.05) is 91.0 Å². The first-order chi connectivity index (χ1) is 18.1. The van der Waals surface area contributed by atoms with Gasteiger partial charge in [0.25, 0.3) is 0 Å². The van der Waals surface area contributed by atoms with Crippen LogP contribution in [0.15, 0.2) is 115 Å². The fraction of sp³-hybridized carbons (Fsp3) is 0.182. The maximum absolute atomic E-state index is 13.8. The number of nitrogens with one attached hydrogen (secondary N) is 1. The van der Waals surface area contributed by atoms with Crippen LogP contribution in [0.2, 0.25) is 0 Å². The third-order valence-electron chi connectivity index (χ3n) is 7.02. The Morgan fingerprint density at radius 1 is 0.811 bits per heavy atom. The SMILES string of the molecule is CCn1cc(C(CC(=O)NC(Cc2ccccc2)c2ccccc2)c2ccc(F)cc2)c2ccccc21. The zero-order valence-electron chi connectivity index (χ0n) is 21.0. The molecule has 0 saturated heterocycles. The van der Waals surface area contributed by atoms with Crippen molar-refractivity contribution >= 4 is 16.8 Å². The number of rotatable bonds is 9. The van der Waals surface area contributed by atoms with Crippen LogP contribution in [0.5, 0.6) is 0 Å². The molecule has 0 saturated carbocycles. The third kappa shape index (κ3) is 5.64. The highest BCUT2D eigenvalue weighted by molar-refractivity contribution is 5.86. The van der Waals surface area contributed by atoms with Crippen LogP contribution in [0, 0.1) is 5.82 Å². The van der Waals surface area contributed by atoms with E-state index in [0.717, 1.165) is 39.7 Å². The van der Waals surface area contributed by atoms with Gasteiger partial charge in [0.05, 0.1) is 6.04 Å². The molecule has 4 aromatic carbocycles. The highest BCUT2D eigenvalue weighted by Gasteiger charge is 2.24. The van der Waals surface area contributed by atoms with E-state index in [1.54, 1.807) is 12.1 Å². The molecule has 37 heavy (non-hydrogen) atoms. The van der Waals surface area contributed by atoms with E-state index in [1.807, 2.05) is 48.5 Å². The second-order valence-electron chi connectivity index (χ2n) is 9.42. The van der Waals surface area contributed by atoms with Gasteiger partial charge in [0, 0.05) is 36.0 Å². The minimum Gasteiger partial charge on any atom is -0.349 e. The van der Waals surface area contributed by atoms with Crippen molar-refractivity contribution in [2.24, 2.45) is 0 Å². The standard InChI is InChI=1S/C33H31FN2O/c1-2-36-23-30(28-15-9-10-16-32(28)36)29(25-17-19-27(34)20-18-25)22-33(37)35-31(26-13-7-4-8-14-26)21-24-11-5-3-6-12-24/h3-20,23,29,31H,2,21-22H2,1H3,(H,35,37). The molecule has 0 radical (unpaired) electrons. The maximum Gasteiger partial charge on any atom is 0.221 e. The van der Waals surface area contributed by atoms with Crippen LogP contribution in [0.1, 0.15) is 47.6 Å². The number of para-hydroxylation sites is 1. The summed E-state index contributed by atoms with van der Waals surface area (Å²) in [5.41, 5.74) is 5.38. The summed E-state index contributed by atoms with van der Waals surface area (Å²) in [6.45, 7) is 2.94. The number of nitrogens with zero attached hydrogens (tertiary/aromatic N) is 1. The lowest BCUT2D eigenvalue weighted by molar-refractivity contribution is -0.122. The van der Waals surface area contributed by atoms with Gasteiger partial charge in [-0.2, -0.15) is 0 Å². The first-order valence-electron chi connectivity index (χ1n) is 12.8. The first kappa shape index (κ1) is 24.5. The minimum absolute atomic E-state index is 0.0348. The van der Waals surface area contributed by atoms with Gasteiger partial charge in [-0.05, 0) is 53.8 Å². The number of carbonyl (C=O) groups excluding carboxylic acids is 1. The van der Waals surface area contributed by atoms with Crippen molar-refractivity contribution in [3.05, 3.63) is 143 Å². The Morgan fingerprint density at radius 2 is 1.46 bits per heavy atom. The van der Waals surface area contributed by atoms with E-state index >= 15 is 0 Å². The molecule has 0 aliphatic rings. The van der Waals surface area contributed by atoms with E-state index < -0.39 is 0 Å². The molecular weight excluding hydrogens is 459 g/mol. The predicted octanol–water partition coefficient (Wildman–Crippen LogP) is 7.42. The van der Waals surface area contributed by atoms with E-state index in [9.17, 15) is 9.18 Å². The van der Waals surface area contributed by atoms with Gasteiger partial charge in [-0.25, -0.2) is 4.39 Å².